The van der Waals surface area contributed by atoms with Gasteiger partial charge in [-0.1, -0.05) is 0 Å². The van der Waals surface area contributed by atoms with Crippen LogP contribution in [0.15, 0.2) is 18.5 Å². The number of amides is 1. The topological polar surface area (TPSA) is 51.7 Å². The number of hydrogen-bond donors (Lipinski definition) is 0. The average Bonchev–Trinajstić information content (AvgIpc) is 2.45. The number of aromatic nitrogens is 1. The minimum atomic E-state index is 0.0608. The van der Waals surface area contributed by atoms with E-state index in [2.05, 4.69) is 4.98 Å². The zero-order valence-electron chi connectivity index (χ0n) is 11.5. The molecule has 1 aliphatic heterocycles. The van der Waals surface area contributed by atoms with Gasteiger partial charge < -0.3 is 14.4 Å². The predicted molar refractivity (Wildman–Crippen MR) is 71.1 cm³/mol. The smallest absolute Gasteiger partial charge is 0.254 e. The highest BCUT2D eigenvalue weighted by molar-refractivity contribution is 5.95. The Balaban J connectivity index is 2.01. The molecule has 1 aliphatic rings. The molecule has 0 radical (unpaired) electrons. The maximum absolute atomic E-state index is 12.5. The molecule has 1 saturated heterocycles. The Morgan fingerprint density at radius 1 is 1.63 bits per heavy atom. The molecule has 0 bridgehead atoms. The monoisotopic (exact) mass is 264 g/mol. The molecular formula is C14H20N2O3. The number of carbonyl (C=O) groups excluding carboxylic acids is 1. The van der Waals surface area contributed by atoms with Crippen LogP contribution in [-0.4, -0.2) is 55.3 Å². The second kappa shape index (κ2) is 6.63. The highest BCUT2D eigenvalue weighted by atomic mass is 16.5. The molecule has 1 atom stereocenters. The standard InChI is InChI=1S/C14H20N2O3/c1-11-9-15-5-3-13(11)14(17)16-6-8-19-12(10-16)4-7-18-2/h3,5,9,12H,4,6-8,10H2,1-2H3/t12-/m0/s1. The Labute approximate surface area is 113 Å². The maximum atomic E-state index is 12.5. The molecular weight excluding hydrogens is 244 g/mol. The number of methoxy groups -OCH3 is 1. The van der Waals surface area contributed by atoms with Gasteiger partial charge in [-0.05, 0) is 25.0 Å². The number of carbonyl (C=O) groups is 1. The van der Waals surface area contributed by atoms with Crippen molar-refractivity contribution in [3.05, 3.63) is 29.6 Å². The van der Waals surface area contributed by atoms with E-state index >= 15 is 0 Å². The molecule has 0 saturated carbocycles. The first-order valence-corrected chi connectivity index (χ1v) is 6.53. The van der Waals surface area contributed by atoms with E-state index in [1.54, 1.807) is 25.6 Å². The van der Waals surface area contributed by atoms with Gasteiger partial charge in [0.15, 0.2) is 0 Å². The fourth-order valence-electron chi connectivity index (χ4n) is 2.21. The number of ether oxygens (including phenoxy) is 2. The molecule has 1 aromatic heterocycles. The molecule has 19 heavy (non-hydrogen) atoms. The van der Waals surface area contributed by atoms with Gasteiger partial charge in [0.05, 0.1) is 12.7 Å². The Hall–Kier alpha value is -1.46. The third-order valence-corrected chi connectivity index (χ3v) is 3.32. The second-order valence-corrected chi connectivity index (χ2v) is 4.72. The third-order valence-electron chi connectivity index (χ3n) is 3.32. The minimum Gasteiger partial charge on any atom is -0.385 e. The van der Waals surface area contributed by atoms with Crippen molar-refractivity contribution in [3.63, 3.8) is 0 Å². The summed E-state index contributed by atoms with van der Waals surface area (Å²) in [5.41, 5.74) is 1.63. The van der Waals surface area contributed by atoms with E-state index in [1.165, 1.54) is 0 Å². The van der Waals surface area contributed by atoms with Crippen LogP contribution in [0, 0.1) is 6.92 Å². The summed E-state index contributed by atoms with van der Waals surface area (Å²) in [6, 6.07) is 1.78. The number of pyridine rings is 1. The molecule has 1 aromatic rings. The van der Waals surface area contributed by atoms with Gasteiger partial charge in [-0.2, -0.15) is 0 Å². The Kier molecular flexibility index (Phi) is 4.87. The number of hydrogen-bond acceptors (Lipinski definition) is 4. The molecule has 0 aliphatic carbocycles. The zero-order valence-corrected chi connectivity index (χ0v) is 11.5. The zero-order chi connectivity index (χ0) is 13.7. The number of morpholine rings is 1. The number of rotatable bonds is 4. The summed E-state index contributed by atoms with van der Waals surface area (Å²) in [7, 11) is 1.67. The van der Waals surface area contributed by atoms with E-state index < -0.39 is 0 Å². The molecule has 0 spiro atoms. The third kappa shape index (κ3) is 3.52. The molecule has 104 valence electrons. The van der Waals surface area contributed by atoms with E-state index in [-0.39, 0.29) is 12.0 Å². The fourth-order valence-corrected chi connectivity index (χ4v) is 2.21. The quantitative estimate of drug-likeness (QED) is 0.821. The summed E-state index contributed by atoms with van der Waals surface area (Å²) in [5, 5.41) is 0. The molecule has 2 rings (SSSR count). The minimum absolute atomic E-state index is 0.0608. The molecule has 1 fully saturated rings. The average molecular weight is 264 g/mol. The lowest BCUT2D eigenvalue weighted by Crippen LogP contribution is -2.46. The van der Waals surface area contributed by atoms with Gasteiger partial charge in [-0.25, -0.2) is 0 Å². The van der Waals surface area contributed by atoms with E-state index in [0.717, 1.165) is 17.5 Å². The van der Waals surface area contributed by atoms with Crippen molar-refractivity contribution in [2.24, 2.45) is 0 Å². The van der Waals surface area contributed by atoms with Crippen LogP contribution in [0.25, 0.3) is 0 Å². The molecule has 5 nitrogen and oxygen atoms in total. The van der Waals surface area contributed by atoms with Crippen LogP contribution in [0.5, 0.6) is 0 Å². The van der Waals surface area contributed by atoms with Gasteiger partial charge in [-0.15, -0.1) is 0 Å². The maximum Gasteiger partial charge on any atom is 0.254 e. The Morgan fingerprint density at radius 2 is 2.47 bits per heavy atom. The normalized spacial score (nSPS) is 19.5. The summed E-state index contributed by atoms with van der Waals surface area (Å²) in [5.74, 6) is 0.0608. The van der Waals surface area contributed by atoms with Crippen molar-refractivity contribution >= 4 is 5.91 Å². The van der Waals surface area contributed by atoms with Gasteiger partial charge in [0.2, 0.25) is 0 Å². The summed E-state index contributed by atoms with van der Waals surface area (Å²) in [4.78, 5) is 18.3. The second-order valence-electron chi connectivity index (χ2n) is 4.72. The first kappa shape index (κ1) is 14.0. The van der Waals surface area contributed by atoms with Crippen LogP contribution >= 0.6 is 0 Å². The van der Waals surface area contributed by atoms with Crippen molar-refractivity contribution in [1.82, 2.24) is 9.88 Å². The molecule has 1 amide bonds. The van der Waals surface area contributed by atoms with E-state index in [9.17, 15) is 4.79 Å². The molecule has 0 unspecified atom stereocenters. The van der Waals surface area contributed by atoms with Crippen LogP contribution in [0.3, 0.4) is 0 Å². The SMILES string of the molecule is COCC[C@H]1CN(C(=O)c2ccncc2C)CCO1. The lowest BCUT2D eigenvalue weighted by atomic mass is 10.1. The Morgan fingerprint density at radius 3 is 3.21 bits per heavy atom. The van der Waals surface area contributed by atoms with Gasteiger partial charge >= 0.3 is 0 Å². The van der Waals surface area contributed by atoms with Gasteiger partial charge in [0.25, 0.3) is 5.91 Å². The van der Waals surface area contributed by atoms with Crippen LogP contribution in [-0.2, 0) is 9.47 Å². The van der Waals surface area contributed by atoms with Crippen molar-refractivity contribution < 1.29 is 14.3 Å². The number of nitrogens with zero attached hydrogens (tertiary/aromatic N) is 2. The first-order chi connectivity index (χ1) is 9.22. The molecule has 0 N–H and O–H groups in total. The Bertz CT molecular complexity index is 436. The molecule has 5 heteroatoms. The van der Waals surface area contributed by atoms with Crippen molar-refractivity contribution in [2.75, 3.05) is 33.4 Å². The van der Waals surface area contributed by atoms with E-state index in [0.29, 0.717) is 26.3 Å². The molecule has 2 heterocycles. The van der Waals surface area contributed by atoms with Gasteiger partial charge in [0.1, 0.15) is 0 Å². The van der Waals surface area contributed by atoms with Crippen molar-refractivity contribution in [3.8, 4) is 0 Å². The van der Waals surface area contributed by atoms with Gasteiger partial charge in [0, 0.05) is 44.8 Å². The van der Waals surface area contributed by atoms with Gasteiger partial charge in [-0.3, -0.25) is 9.78 Å². The lowest BCUT2D eigenvalue weighted by Gasteiger charge is -2.33. The van der Waals surface area contributed by atoms with Crippen LogP contribution in [0.2, 0.25) is 0 Å². The summed E-state index contributed by atoms with van der Waals surface area (Å²) < 4.78 is 10.7. The summed E-state index contributed by atoms with van der Waals surface area (Å²) in [6.07, 6.45) is 4.26. The van der Waals surface area contributed by atoms with Crippen LogP contribution in [0.4, 0.5) is 0 Å². The van der Waals surface area contributed by atoms with E-state index in [4.69, 9.17) is 9.47 Å². The molecule has 0 aromatic carbocycles. The summed E-state index contributed by atoms with van der Waals surface area (Å²) in [6.45, 7) is 4.42. The van der Waals surface area contributed by atoms with Crippen molar-refractivity contribution in [2.45, 2.75) is 19.4 Å². The predicted octanol–water partition coefficient (Wildman–Crippen LogP) is 1.27. The lowest BCUT2D eigenvalue weighted by molar-refractivity contribution is -0.0333. The highest BCUT2D eigenvalue weighted by Gasteiger charge is 2.25. The fraction of sp³-hybridized carbons (Fsp3) is 0.571. The van der Waals surface area contributed by atoms with Crippen LogP contribution < -0.4 is 0 Å². The largest absolute Gasteiger partial charge is 0.385 e. The van der Waals surface area contributed by atoms with Crippen molar-refractivity contribution in [1.29, 1.82) is 0 Å². The first-order valence-electron chi connectivity index (χ1n) is 6.53. The summed E-state index contributed by atoms with van der Waals surface area (Å²) >= 11 is 0. The highest BCUT2D eigenvalue weighted by Crippen LogP contribution is 2.14. The van der Waals surface area contributed by atoms with Crippen LogP contribution in [0.1, 0.15) is 22.3 Å². The number of aryl methyl sites for hydroxylation is 1. The van der Waals surface area contributed by atoms with E-state index in [1.807, 2.05) is 11.8 Å².